The van der Waals surface area contributed by atoms with Crippen LogP contribution < -0.4 is 5.32 Å². The number of carbonyl (C=O) groups is 1. The smallest absolute Gasteiger partial charge is 0.253 e. The van der Waals surface area contributed by atoms with Crippen molar-refractivity contribution in [3.63, 3.8) is 0 Å². The number of methoxy groups -OCH3 is 2. The molecule has 1 amide bonds. The number of hydrogen-bond acceptors (Lipinski definition) is 5. The molecule has 0 bridgehead atoms. The third kappa shape index (κ3) is 4.43. The summed E-state index contributed by atoms with van der Waals surface area (Å²) in [5.41, 5.74) is 3.46. The van der Waals surface area contributed by atoms with Gasteiger partial charge in [-0.3, -0.25) is 4.79 Å². The van der Waals surface area contributed by atoms with Gasteiger partial charge in [-0.15, -0.1) is 11.3 Å². The number of thiazole rings is 1. The van der Waals surface area contributed by atoms with Gasteiger partial charge in [0.25, 0.3) is 5.91 Å². The summed E-state index contributed by atoms with van der Waals surface area (Å²) < 4.78 is 12.3. The van der Waals surface area contributed by atoms with Gasteiger partial charge in [0.2, 0.25) is 0 Å². The van der Waals surface area contributed by atoms with Gasteiger partial charge in [-0.25, -0.2) is 4.98 Å². The fourth-order valence-corrected chi connectivity index (χ4v) is 3.16. The molecule has 6 nitrogen and oxygen atoms in total. The van der Waals surface area contributed by atoms with E-state index >= 15 is 0 Å². The lowest BCUT2D eigenvalue weighted by Gasteiger charge is -2.10. The Hall–Kier alpha value is -1.70. The summed E-state index contributed by atoms with van der Waals surface area (Å²) in [4.78, 5) is 17.0. The molecule has 0 unspecified atom stereocenters. The zero-order valence-electron chi connectivity index (χ0n) is 14.7. The van der Waals surface area contributed by atoms with Crippen molar-refractivity contribution in [2.24, 2.45) is 0 Å². The average molecular weight is 351 g/mol. The van der Waals surface area contributed by atoms with E-state index in [1.165, 1.54) is 0 Å². The number of nitrogens with zero attached hydrogens (tertiary/aromatic N) is 2. The molecular formula is C17H25N3O3S. The van der Waals surface area contributed by atoms with E-state index in [2.05, 4.69) is 14.9 Å². The highest BCUT2D eigenvalue weighted by Crippen LogP contribution is 2.27. The maximum absolute atomic E-state index is 12.5. The number of ether oxygens (including phenoxy) is 2. The normalized spacial score (nSPS) is 11.0. The largest absolute Gasteiger partial charge is 0.385 e. The third-order valence-electron chi connectivity index (χ3n) is 3.82. The van der Waals surface area contributed by atoms with Crippen LogP contribution in [-0.4, -0.2) is 49.4 Å². The van der Waals surface area contributed by atoms with Gasteiger partial charge >= 0.3 is 0 Å². The Kier molecular flexibility index (Phi) is 6.96. The second-order valence-electron chi connectivity index (χ2n) is 5.53. The Morgan fingerprint density at radius 2 is 2.04 bits per heavy atom. The zero-order valence-corrected chi connectivity index (χ0v) is 15.5. The summed E-state index contributed by atoms with van der Waals surface area (Å²) in [6, 6.07) is 1.92. The van der Waals surface area contributed by atoms with Crippen molar-refractivity contribution < 1.29 is 14.3 Å². The van der Waals surface area contributed by atoms with Crippen molar-refractivity contribution in [2.75, 3.05) is 34.0 Å². The Bertz CT molecular complexity index is 679. The van der Waals surface area contributed by atoms with Crippen molar-refractivity contribution >= 4 is 17.2 Å². The lowest BCUT2D eigenvalue weighted by Crippen LogP contribution is -2.25. The molecular weight excluding hydrogens is 326 g/mol. The van der Waals surface area contributed by atoms with E-state index < -0.39 is 0 Å². The van der Waals surface area contributed by atoms with Crippen molar-refractivity contribution in [3.05, 3.63) is 27.7 Å². The molecule has 0 spiro atoms. The molecule has 0 aliphatic heterocycles. The van der Waals surface area contributed by atoms with Crippen LogP contribution in [0.1, 0.15) is 27.5 Å². The Morgan fingerprint density at radius 3 is 2.67 bits per heavy atom. The fraction of sp³-hybridized carbons (Fsp3) is 0.529. The van der Waals surface area contributed by atoms with E-state index in [9.17, 15) is 4.79 Å². The van der Waals surface area contributed by atoms with Crippen LogP contribution in [0.25, 0.3) is 11.4 Å². The number of hydrogen-bond donors (Lipinski definition) is 1. The van der Waals surface area contributed by atoms with E-state index in [0.29, 0.717) is 31.9 Å². The van der Waals surface area contributed by atoms with Crippen LogP contribution in [0.5, 0.6) is 0 Å². The van der Waals surface area contributed by atoms with E-state index in [4.69, 9.17) is 9.47 Å². The molecule has 0 saturated heterocycles. The third-order valence-corrected chi connectivity index (χ3v) is 4.60. The molecule has 0 aliphatic carbocycles. The first-order valence-electron chi connectivity index (χ1n) is 7.97. The van der Waals surface area contributed by atoms with Crippen LogP contribution in [0.4, 0.5) is 0 Å². The molecule has 0 radical (unpaired) electrons. The molecule has 0 atom stereocenters. The maximum Gasteiger partial charge on any atom is 0.253 e. The zero-order chi connectivity index (χ0) is 17.5. The molecule has 0 saturated carbocycles. The Morgan fingerprint density at radius 1 is 1.29 bits per heavy atom. The summed E-state index contributed by atoms with van der Waals surface area (Å²) in [5.74, 6) is -0.0621. The number of amides is 1. The van der Waals surface area contributed by atoms with Gasteiger partial charge in [-0.2, -0.15) is 0 Å². The Balaban J connectivity index is 2.25. The standard InChI is InChI=1S/C17H25N3O3S/c1-12-14(17(21)18-6-5-8-22-3)10-16(20(12)7-9-23-4)15-11-24-13(2)19-15/h10-11H,5-9H2,1-4H3,(H,18,21). The summed E-state index contributed by atoms with van der Waals surface area (Å²) >= 11 is 1.60. The van der Waals surface area contributed by atoms with E-state index in [1.54, 1.807) is 25.6 Å². The lowest BCUT2D eigenvalue weighted by molar-refractivity contribution is 0.0947. The van der Waals surface area contributed by atoms with Gasteiger partial charge in [-0.05, 0) is 26.3 Å². The first-order valence-corrected chi connectivity index (χ1v) is 8.85. The van der Waals surface area contributed by atoms with Crippen LogP contribution in [0.3, 0.4) is 0 Å². The highest BCUT2D eigenvalue weighted by atomic mass is 32.1. The summed E-state index contributed by atoms with van der Waals surface area (Å²) in [6.45, 7) is 6.44. The molecule has 24 heavy (non-hydrogen) atoms. The van der Waals surface area contributed by atoms with Crippen LogP contribution in [0.2, 0.25) is 0 Å². The minimum Gasteiger partial charge on any atom is -0.385 e. The van der Waals surface area contributed by atoms with Gasteiger partial charge in [0, 0.05) is 45.0 Å². The van der Waals surface area contributed by atoms with Crippen LogP contribution in [-0.2, 0) is 16.0 Å². The first-order chi connectivity index (χ1) is 11.6. The second kappa shape index (κ2) is 8.96. The van der Waals surface area contributed by atoms with E-state index in [1.807, 2.05) is 25.3 Å². The summed E-state index contributed by atoms with van der Waals surface area (Å²) in [6.07, 6.45) is 0.795. The highest BCUT2D eigenvalue weighted by molar-refractivity contribution is 7.09. The molecule has 2 aromatic heterocycles. The van der Waals surface area contributed by atoms with Crippen LogP contribution in [0.15, 0.2) is 11.4 Å². The van der Waals surface area contributed by atoms with Crippen molar-refractivity contribution in [1.29, 1.82) is 0 Å². The molecule has 7 heteroatoms. The molecule has 0 aliphatic rings. The SMILES string of the molecule is COCCCNC(=O)c1cc(-c2csc(C)n2)n(CCOC)c1C. The average Bonchev–Trinajstić information content (AvgIpc) is 3.13. The molecule has 132 valence electrons. The minimum atomic E-state index is -0.0621. The van der Waals surface area contributed by atoms with Crippen molar-refractivity contribution in [2.45, 2.75) is 26.8 Å². The number of carbonyl (C=O) groups excluding carboxylic acids is 1. The maximum atomic E-state index is 12.5. The molecule has 0 fully saturated rings. The predicted molar refractivity (Wildman–Crippen MR) is 95.7 cm³/mol. The van der Waals surface area contributed by atoms with Gasteiger partial charge < -0.3 is 19.4 Å². The first kappa shape index (κ1) is 18.6. The van der Waals surface area contributed by atoms with Crippen molar-refractivity contribution in [3.8, 4) is 11.4 Å². The van der Waals surface area contributed by atoms with Gasteiger partial charge in [-0.1, -0.05) is 0 Å². The summed E-state index contributed by atoms with van der Waals surface area (Å²) in [7, 11) is 3.33. The van der Waals surface area contributed by atoms with E-state index in [-0.39, 0.29) is 5.91 Å². The van der Waals surface area contributed by atoms with Crippen molar-refractivity contribution in [1.82, 2.24) is 14.9 Å². The molecule has 2 rings (SSSR count). The number of rotatable bonds is 9. The van der Waals surface area contributed by atoms with Gasteiger partial charge in [0.1, 0.15) is 0 Å². The predicted octanol–water partition coefficient (Wildman–Crippen LogP) is 2.64. The summed E-state index contributed by atoms with van der Waals surface area (Å²) in [5, 5.41) is 5.98. The van der Waals surface area contributed by atoms with Gasteiger partial charge in [0.15, 0.2) is 0 Å². The lowest BCUT2D eigenvalue weighted by atomic mass is 10.2. The highest BCUT2D eigenvalue weighted by Gasteiger charge is 2.19. The number of nitrogens with one attached hydrogen (secondary N) is 1. The molecule has 0 aromatic carbocycles. The molecule has 2 aromatic rings. The quantitative estimate of drug-likeness (QED) is 0.706. The van der Waals surface area contributed by atoms with Gasteiger partial charge in [0.05, 0.1) is 28.6 Å². The second-order valence-corrected chi connectivity index (χ2v) is 6.59. The topological polar surface area (TPSA) is 65.4 Å². The molecule has 1 N–H and O–H groups in total. The number of aryl methyl sites for hydroxylation is 1. The Labute approximate surface area is 146 Å². The molecule has 2 heterocycles. The van der Waals surface area contributed by atoms with Crippen LogP contribution in [0, 0.1) is 13.8 Å². The van der Waals surface area contributed by atoms with E-state index in [0.717, 1.165) is 28.5 Å². The minimum absolute atomic E-state index is 0.0621. The monoisotopic (exact) mass is 351 g/mol. The van der Waals surface area contributed by atoms with Crippen LogP contribution >= 0.6 is 11.3 Å². The number of aromatic nitrogens is 2. The fourth-order valence-electron chi connectivity index (χ4n) is 2.55.